The third kappa shape index (κ3) is 9.56. The minimum absolute atomic E-state index is 0.00192. The van der Waals surface area contributed by atoms with Gasteiger partial charge < -0.3 is 25.2 Å². The maximum atomic E-state index is 15.8. The average molecular weight is 1040 g/mol. The van der Waals surface area contributed by atoms with Gasteiger partial charge in [0.1, 0.15) is 23.4 Å². The van der Waals surface area contributed by atoms with Crippen molar-refractivity contribution in [3.05, 3.63) is 101 Å². The van der Waals surface area contributed by atoms with Crippen LogP contribution in [-0.2, 0) is 16.6 Å². The van der Waals surface area contributed by atoms with Gasteiger partial charge in [-0.2, -0.15) is 10.1 Å². The molecule has 6 aromatic rings. The molecule has 4 aliphatic rings. The zero-order valence-corrected chi connectivity index (χ0v) is 42.8. The molecule has 2 aromatic heterocycles. The van der Waals surface area contributed by atoms with E-state index in [1.807, 2.05) is 24.3 Å². The van der Waals surface area contributed by atoms with Crippen LogP contribution in [-0.4, -0.2) is 125 Å². The molecule has 71 heavy (non-hydrogen) atoms. The number of aryl methyl sites for hydroxylation is 1. The molecule has 0 aliphatic carbocycles. The van der Waals surface area contributed by atoms with Gasteiger partial charge in [-0.25, -0.2) is 9.37 Å². The lowest BCUT2D eigenvalue weighted by Gasteiger charge is -2.41. The summed E-state index contributed by atoms with van der Waals surface area (Å²) in [6.45, 7) is 11.5. The van der Waals surface area contributed by atoms with Crippen molar-refractivity contribution in [2.45, 2.75) is 51.1 Å². The number of carbonyl (C=O) groups excluding carboxylic acids is 4. The van der Waals surface area contributed by atoms with Crippen LogP contribution >= 0.6 is 23.9 Å². The number of amides is 4. The van der Waals surface area contributed by atoms with E-state index < -0.39 is 43.4 Å². The van der Waals surface area contributed by atoms with Gasteiger partial charge in [-0.15, -0.1) is 0 Å². The van der Waals surface area contributed by atoms with Gasteiger partial charge in [0.15, 0.2) is 0 Å². The first-order valence-electron chi connectivity index (χ1n) is 24.0. The number of nitrogens with one attached hydrogen (secondary N) is 3. The normalized spacial score (nSPS) is 19.7. The molecule has 16 nitrogen and oxygen atoms in total. The summed E-state index contributed by atoms with van der Waals surface area (Å²) in [5, 5.41) is 17.5. The van der Waals surface area contributed by atoms with Gasteiger partial charge >= 0.3 is 0 Å². The van der Waals surface area contributed by atoms with Crippen LogP contribution in [0.3, 0.4) is 0 Å². The van der Waals surface area contributed by atoms with Gasteiger partial charge in [-0.1, -0.05) is 38.3 Å². The number of anilines is 6. The van der Waals surface area contributed by atoms with E-state index >= 15 is 4.39 Å². The zero-order chi connectivity index (χ0) is 49.7. The van der Waals surface area contributed by atoms with E-state index in [9.17, 15) is 19.2 Å². The highest BCUT2D eigenvalue weighted by Crippen LogP contribution is 2.42. The predicted octanol–water partition coefficient (Wildman–Crippen LogP) is 8.01. The molecule has 4 aromatic carbocycles. The maximum absolute atomic E-state index is 15.8. The summed E-state index contributed by atoms with van der Waals surface area (Å²) in [6.07, 6.45) is 8.42. The second kappa shape index (κ2) is 20.0. The predicted molar refractivity (Wildman–Crippen MR) is 280 cm³/mol. The minimum atomic E-state index is -1.11. The number of piperazine rings is 1. The molecule has 6 heterocycles. The number of fused-ring (bicyclic) bond motifs is 2. The largest absolute Gasteiger partial charge is 0.494 e. The summed E-state index contributed by atoms with van der Waals surface area (Å²) in [7, 11) is 3.15. The molecule has 368 valence electrons. The number of hydrogen-bond acceptors (Lipinski definition) is 13. The van der Waals surface area contributed by atoms with Crippen molar-refractivity contribution < 1.29 is 28.3 Å². The molecule has 3 N–H and O–H groups in total. The van der Waals surface area contributed by atoms with Crippen LogP contribution in [0.2, 0.25) is 0 Å². The number of benzene rings is 4. The number of rotatable bonds is 13. The van der Waals surface area contributed by atoms with Gasteiger partial charge in [0.2, 0.25) is 17.8 Å². The Bertz CT molecular complexity index is 3090. The van der Waals surface area contributed by atoms with Gasteiger partial charge in [0.25, 0.3) is 11.8 Å². The lowest BCUT2D eigenvalue weighted by molar-refractivity contribution is -0.136. The Hall–Kier alpha value is -6.49. The molecular formula is C52H56BrFN11O5P. The second-order valence-electron chi connectivity index (χ2n) is 19.0. The highest BCUT2D eigenvalue weighted by atomic mass is 79.9. The topological polar surface area (TPSA) is 170 Å². The van der Waals surface area contributed by atoms with Crippen molar-refractivity contribution in [2.24, 2.45) is 13.0 Å². The fourth-order valence-electron chi connectivity index (χ4n) is 10.7. The molecular weight excluding hydrogens is 989 g/mol. The van der Waals surface area contributed by atoms with Crippen molar-refractivity contribution in [2.75, 3.05) is 80.1 Å². The first-order chi connectivity index (χ1) is 34.2. The van der Waals surface area contributed by atoms with E-state index in [4.69, 9.17) is 9.72 Å². The van der Waals surface area contributed by atoms with Crippen LogP contribution < -0.4 is 35.8 Å². The molecule has 10 rings (SSSR count). The quantitative estimate of drug-likeness (QED) is 0.0752. The third-order valence-electron chi connectivity index (χ3n) is 14.3. The van der Waals surface area contributed by atoms with Crippen molar-refractivity contribution in [3.63, 3.8) is 0 Å². The van der Waals surface area contributed by atoms with Crippen LogP contribution in [0.25, 0.3) is 21.9 Å². The molecule has 0 saturated carbocycles. The maximum Gasteiger partial charge on any atom is 0.262 e. The number of ether oxygens (including phenoxy) is 1. The average Bonchev–Trinajstić information content (AvgIpc) is 3.90. The van der Waals surface area contributed by atoms with Gasteiger partial charge in [-0.05, 0) is 109 Å². The molecule has 4 amide bonds. The summed E-state index contributed by atoms with van der Waals surface area (Å²) >= 11 is 3.68. The van der Waals surface area contributed by atoms with E-state index in [1.165, 1.54) is 22.1 Å². The smallest absolute Gasteiger partial charge is 0.262 e. The molecule has 19 heteroatoms. The zero-order valence-electron chi connectivity index (χ0n) is 40.3. The van der Waals surface area contributed by atoms with Crippen molar-refractivity contribution in [1.82, 2.24) is 34.9 Å². The highest BCUT2D eigenvalue weighted by Gasteiger charge is 2.45. The number of piperidine rings is 2. The van der Waals surface area contributed by atoms with Crippen LogP contribution in [0.5, 0.6) is 5.75 Å². The van der Waals surface area contributed by atoms with Crippen LogP contribution in [0, 0.1) is 11.7 Å². The van der Waals surface area contributed by atoms with Gasteiger partial charge in [0, 0.05) is 98.5 Å². The van der Waals surface area contributed by atoms with Crippen LogP contribution in [0.1, 0.15) is 59.7 Å². The molecule has 3 unspecified atom stereocenters. The Morgan fingerprint density at radius 1 is 0.887 bits per heavy atom. The van der Waals surface area contributed by atoms with Crippen LogP contribution in [0.15, 0.2) is 83.7 Å². The van der Waals surface area contributed by atoms with E-state index in [0.717, 1.165) is 95.6 Å². The van der Waals surface area contributed by atoms with Gasteiger partial charge in [0.05, 0.1) is 40.3 Å². The Balaban J connectivity index is 0.788. The van der Waals surface area contributed by atoms with Crippen LogP contribution in [0.4, 0.5) is 38.9 Å². The summed E-state index contributed by atoms with van der Waals surface area (Å²) in [6, 6.07) is 18.4. The first kappa shape index (κ1) is 48.2. The fraction of sp³-hybridized carbons (Fsp3) is 0.365. The number of nitrogens with zero attached hydrogens (tertiary/aromatic N) is 8. The highest BCUT2D eigenvalue weighted by molar-refractivity contribution is 9.10. The number of imide groups is 2. The number of carbonyl (C=O) groups is 4. The van der Waals surface area contributed by atoms with Gasteiger partial charge in [-0.3, -0.25) is 39.0 Å². The Morgan fingerprint density at radius 2 is 1.66 bits per heavy atom. The Kier molecular flexibility index (Phi) is 13.5. The monoisotopic (exact) mass is 1040 g/mol. The number of halogens is 2. The lowest BCUT2D eigenvalue weighted by Crippen LogP contribution is -2.54. The number of aromatic nitrogens is 4. The van der Waals surface area contributed by atoms with E-state index in [-0.39, 0.29) is 35.7 Å². The molecule has 4 aliphatic heterocycles. The molecule has 3 atom stereocenters. The van der Waals surface area contributed by atoms with E-state index in [2.05, 4.69) is 121 Å². The molecule has 0 spiro atoms. The first-order valence-corrected chi connectivity index (χ1v) is 27.0. The minimum Gasteiger partial charge on any atom is -0.494 e. The summed E-state index contributed by atoms with van der Waals surface area (Å²) in [5.74, 6) is -0.933. The van der Waals surface area contributed by atoms with E-state index in [1.54, 1.807) is 18.0 Å². The fourth-order valence-corrected chi connectivity index (χ4v) is 12.2. The molecule has 0 bridgehead atoms. The summed E-state index contributed by atoms with van der Waals surface area (Å²) in [5.41, 5.74) is 5.07. The van der Waals surface area contributed by atoms with Crippen molar-refractivity contribution in [1.29, 1.82) is 0 Å². The van der Waals surface area contributed by atoms with Crippen molar-refractivity contribution in [3.8, 4) is 16.9 Å². The third-order valence-corrected chi connectivity index (χ3v) is 16.2. The molecule has 0 radical (unpaired) electrons. The van der Waals surface area contributed by atoms with E-state index in [0.29, 0.717) is 30.0 Å². The summed E-state index contributed by atoms with van der Waals surface area (Å²) in [4.78, 5) is 68.5. The SMILES string of the molecule is COc1cc(N2CCN(CCC3CCN(c4cc5c(cc4F)C(=O)N(C4CCC(=O)NC4=O)C5=O)C(C)C3)CC2)c(-c2cnn(C)c2)cc1Nc1ncc(Br)c(Nc2ccc3ccccc3c2P(C)C)n1. The Labute approximate surface area is 421 Å². The van der Waals surface area contributed by atoms with Crippen molar-refractivity contribution >= 4 is 98.1 Å². The lowest BCUT2D eigenvalue weighted by atomic mass is 9.88. The second-order valence-corrected chi connectivity index (χ2v) is 22.1. The molecule has 3 saturated heterocycles. The standard InChI is InChI=1S/C52H56BrFN11O5P/c1-30-22-31(15-17-64(30)44-25-37-36(23-39(44)54)50(68)65(51(37)69)42-12-13-46(66)59-49(42)67)14-16-62-18-20-63(21-19-62)43-26-45(70-3)41(24-35(43)33-27-56-61(2)29-33)58-52-55-28-38(53)48(60-52)57-40-11-10-32-8-6-7-9-34(32)47(40)71(4)5/h6-11,23-31,42H,12-22H2,1-5H3,(H,59,66,67)(H2,55,57,58,60). The molecule has 3 fully saturated rings. The summed E-state index contributed by atoms with van der Waals surface area (Å²) < 4.78 is 24.4. The number of methoxy groups -OCH3 is 1. The Morgan fingerprint density at radius 3 is 2.38 bits per heavy atom. The number of hydrogen-bond donors (Lipinski definition) is 3.